The Hall–Kier alpha value is -9.88. The number of hydrogen-bond donors (Lipinski definition) is 3. The third-order valence-corrected chi connectivity index (χ3v) is 16.3. The second-order valence-electron chi connectivity index (χ2n) is 20.0. The van der Waals surface area contributed by atoms with Gasteiger partial charge in [-0.1, -0.05) is 160 Å². The van der Waals surface area contributed by atoms with E-state index in [4.69, 9.17) is 9.97 Å². The van der Waals surface area contributed by atoms with E-state index in [2.05, 4.69) is 222 Å². The molecule has 8 nitrogen and oxygen atoms in total. The fourth-order valence-electron chi connectivity index (χ4n) is 11.3. The molecule has 79 heavy (non-hydrogen) atoms. The molecule has 6 aromatic carbocycles. The first-order valence-corrected chi connectivity index (χ1v) is 27.7. The first-order chi connectivity index (χ1) is 38.9. The van der Waals surface area contributed by atoms with E-state index >= 15 is 0 Å². The van der Waals surface area contributed by atoms with Crippen LogP contribution in [0.4, 0.5) is 0 Å². The molecular formula is C70H52N6O2S. The minimum absolute atomic E-state index is 0.269. The van der Waals surface area contributed by atoms with E-state index in [0.29, 0.717) is 0 Å². The summed E-state index contributed by atoms with van der Waals surface area (Å²) in [5.41, 5.74) is 20.1. The van der Waals surface area contributed by atoms with E-state index in [9.17, 15) is 15.2 Å². The number of rotatable bonds is 13. The van der Waals surface area contributed by atoms with Crippen LogP contribution in [0.15, 0.2) is 194 Å². The number of benzene rings is 6. The molecule has 0 aliphatic carbocycles. The van der Waals surface area contributed by atoms with Crippen LogP contribution in [0.3, 0.4) is 0 Å². The van der Waals surface area contributed by atoms with Crippen LogP contribution in [0.1, 0.15) is 65.8 Å². The monoisotopic (exact) mass is 1040 g/mol. The van der Waals surface area contributed by atoms with Gasteiger partial charge in [0.1, 0.15) is 11.6 Å². The lowest BCUT2D eigenvalue weighted by atomic mass is 10.0. The largest absolute Gasteiger partial charge is 0.477 e. The molecule has 13 rings (SSSR count). The molecule has 0 amide bonds. The first kappa shape index (κ1) is 48.7. The lowest BCUT2D eigenvalue weighted by Crippen LogP contribution is -1.97. The van der Waals surface area contributed by atoms with Crippen molar-refractivity contribution in [2.75, 3.05) is 0 Å². The van der Waals surface area contributed by atoms with Crippen molar-refractivity contribution in [2.45, 2.75) is 39.0 Å². The lowest BCUT2D eigenvalue weighted by molar-refractivity contribution is -0.132. The summed E-state index contributed by atoms with van der Waals surface area (Å²) in [5, 5.41) is 21.9. The molecule has 0 atom stereocenters. The third-order valence-electron chi connectivity index (χ3n) is 15.1. The highest BCUT2D eigenvalue weighted by Crippen LogP contribution is 2.41. The summed E-state index contributed by atoms with van der Waals surface area (Å²) in [6, 6.07) is 68.2. The molecule has 0 unspecified atom stereocenters. The van der Waals surface area contributed by atoms with Gasteiger partial charge in [-0.2, -0.15) is 5.26 Å². The number of nitrogens with one attached hydrogen (secondary N) is 2. The number of para-hydroxylation sites is 2. The topological polar surface area (TPSA) is 123 Å². The summed E-state index contributed by atoms with van der Waals surface area (Å²) >= 11 is 1.52. The summed E-state index contributed by atoms with van der Waals surface area (Å²) in [5.74, 6) is -1.22. The summed E-state index contributed by atoms with van der Waals surface area (Å²) in [7, 11) is 0. The van der Waals surface area contributed by atoms with Crippen LogP contribution in [0.2, 0.25) is 0 Å². The number of carboxylic acids is 1. The van der Waals surface area contributed by atoms with Crippen LogP contribution >= 0.6 is 11.3 Å². The normalized spacial score (nSPS) is 12.2. The van der Waals surface area contributed by atoms with Gasteiger partial charge in [-0.3, -0.25) is 0 Å². The van der Waals surface area contributed by atoms with Crippen molar-refractivity contribution >= 4 is 91.6 Å². The van der Waals surface area contributed by atoms with Crippen molar-refractivity contribution in [1.82, 2.24) is 24.5 Å². The van der Waals surface area contributed by atoms with Gasteiger partial charge in [0, 0.05) is 70.5 Å². The molecule has 3 N–H and O–H groups in total. The number of hydrogen-bond acceptors (Lipinski definition) is 5. The quantitative estimate of drug-likeness (QED) is 0.0603. The van der Waals surface area contributed by atoms with Crippen LogP contribution in [0, 0.1) is 11.3 Å². The van der Waals surface area contributed by atoms with Crippen LogP contribution < -0.4 is 0 Å². The Morgan fingerprint density at radius 1 is 0.544 bits per heavy atom. The van der Waals surface area contributed by atoms with E-state index < -0.39 is 5.97 Å². The number of fused-ring (bicyclic) bond motifs is 11. The molecule has 7 heterocycles. The number of aromatic amines is 2. The lowest BCUT2D eigenvalue weighted by Gasteiger charge is -2.10. The number of carboxylic acid groups (broad SMARTS) is 1. The van der Waals surface area contributed by atoms with Gasteiger partial charge in [0.15, 0.2) is 0 Å². The minimum atomic E-state index is -1.22. The van der Waals surface area contributed by atoms with E-state index in [1.54, 1.807) is 0 Å². The molecule has 5 aromatic heterocycles. The fraction of sp³-hybridized carbons (Fsp3) is 0.0857. The average Bonchev–Trinajstić information content (AvgIpc) is 4.51. The molecule has 0 saturated heterocycles. The second kappa shape index (κ2) is 20.9. The molecule has 0 fully saturated rings. The number of carbonyl (C=O) groups is 1. The number of aryl methyl sites for hydroxylation is 1. The van der Waals surface area contributed by atoms with Gasteiger partial charge in [0.25, 0.3) is 0 Å². The van der Waals surface area contributed by atoms with Crippen molar-refractivity contribution in [3.8, 4) is 66.7 Å². The molecule has 2 aliphatic rings. The number of thiophene rings is 1. The zero-order valence-corrected chi connectivity index (χ0v) is 44.2. The van der Waals surface area contributed by atoms with E-state index in [1.165, 1.54) is 28.2 Å². The molecule has 2 aliphatic heterocycles. The number of aliphatic carboxylic acids is 1. The predicted octanol–water partition coefficient (Wildman–Crippen LogP) is 18.3. The van der Waals surface area contributed by atoms with Crippen molar-refractivity contribution in [1.29, 1.82) is 5.26 Å². The summed E-state index contributed by atoms with van der Waals surface area (Å²) in [6.45, 7) is 2.19. The number of nitriles is 1. The Kier molecular flexibility index (Phi) is 12.9. The predicted molar refractivity (Wildman–Crippen MR) is 327 cm³/mol. The molecule has 0 saturated carbocycles. The van der Waals surface area contributed by atoms with E-state index in [1.807, 2.05) is 18.2 Å². The summed E-state index contributed by atoms with van der Waals surface area (Å²) in [4.78, 5) is 32.7. The maximum Gasteiger partial charge on any atom is 0.346 e. The number of unbranched alkanes of at least 4 members (excludes halogenated alkanes) is 3. The zero-order chi connectivity index (χ0) is 53.4. The third kappa shape index (κ3) is 9.18. The maximum absolute atomic E-state index is 12.0. The van der Waals surface area contributed by atoms with Crippen LogP contribution in [0.5, 0.6) is 0 Å². The Morgan fingerprint density at radius 3 is 1.43 bits per heavy atom. The van der Waals surface area contributed by atoms with Crippen molar-refractivity contribution in [2.24, 2.45) is 0 Å². The highest BCUT2D eigenvalue weighted by atomic mass is 32.1. The maximum atomic E-state index is 12.0. The Morgan fingerprint density at radius 2 is 0.975 bits per heavy atom. The van der Waals surface area contributed by atoms with Gasteiger partial charge < -0.3 is 19.6 Å². The Balaban J connectivity index is 1.01. The van der Waals surface area contributed by atoms with E-state index in [0.717, 1.165) is 159 Å². The number of aromatic nitrogens is 5. The first-order valence-electron chi connectivity index (χ1n) is 26.9. The molecule has 0 spiro atoms. The highest BCUT2D eigenvalue weighted by Gasteiger charge is 2.21. The SMILES string of the molecule is CCCCCCc1cc(-c2ccc(-c3c4nc(c(-c5ccccc5)c5ccc([nH]5)c(-c5ccc(-n6c7ccccc7c7ccccc76)cc5)c5nc(c(-c6ccccc6)c6ccc3[nH]6)C=C5)C=C4)cc2)sc1/C=C(/C#N)C(=O)O. The summed E-state index contributed by atoms with van der Waals surface area (Å²) < 4.78 is 2.35. The Bertz CT molecular complexity index is 4400. The van der Waals surface area contributed by atoms with Crippen LogP contribution in [0.25, 0.3) is 135 Å². The van der Waals surface area contributed by atoms with Gasteiger partial charge in [-0.25, -0.2) is 14.8 Å². The zero-order valence-electron chi connectivity index (χ0n) is 43.4. The Labute approximate surface area is 461 Å². The number of nitrogens with zero attached hydrogens (tertiary/aromatic N) is 4. The molecular weight excluding hydrogens is 989 g/mol. The molecule has 9 heteroatoms. The van der Waals surface area contributed by atoms with Gasteiger partial charge >= 0.3 is 5.97 Å². The molecule has 0 radical (unpaired) electrons. The highest BCUT2D eigenvalue weighted by molar-refractivity contribution is 7.16. The smallest absolute Gasteiger partial charge is 0.346 e. The van der Waals surface area contributed by atoms with Crippen molar-refractivity contribution < 1.29 is 9.90 Å². The fourth-order valence-corrected chi connectivity index (χ4v) is 12.5. The average molecular weight is 1040 g/mol. The second-order valence-corrected chi connectivity index (χ2v) is 21.1. The van der Waals surface area contributed by atoms with Crippen LogP contribution in [-0.2, 0) is 11.2 Å². The van der Waals surface area contributed by atoms with Gasteiger partial charge in [0.2, 0.25) is 0 Å². The summed E-state index contributed by atoms with van der Waals surface area (Å²) in [6.07, 6.45) is 15.2. The van der Waals surface area contributed by atoms with Gasteiger partial charge in [-0.15, -0.1) is 11.3 Å². The minimum Gasteiger partial charge on any atom is -0.477 e. The van der Waals surface area contributed by atoms with E-state index in [-0.39, 0.29) is 5.57 Å². The van der Waals surface area contributed by atoms with Crippen LogP contribution in [-0.4, -0.2) is 35.6 Å². The van der Waals surface area contributed by atoms with Gasteiger partial charge in [0.05, 0.1) is 33.8 Å². The standard InChI is InChI=1S/C70H52N6O2S/c1-2-3-4-7-20-49-41-64(79-65(49)42-50(43-71)70(77)78)44-25-27-47(28-26-44)68-58-37-33-54(72-58)66(45-16-8-5-9-17-45)56-35-39-60(74-56)69(61-40-36-57(75-61)67(46-18-10-6-11-19-46)55-34-38-59(68)73-55)48-29-31-51(32-30-48)76-62-23-14-12-21-52(62)53-22-13-15-24-63(53)76/h5-6,8-19,21-42,72,75H,2-4,7,20H2,1H3,(H,77,78)/b50-42-,66-54?,66-56?,67-55?,67-57?,68-58?,68-59?,69-60?,69-61?. The van der Waals surface area contributed by atoms with Gasteiger partial charge in [-0.05, 0) is 131 Å². The molecule has 8 bridgehead atoms. The molecule has 11 aromatic rings. The van der Waals surface area contributed by atoms with Crippen molar-refractivity contribution in [3.63, 3.8) is 0 Å². The molecule has 380 valence electrons. The van der Waals surface area contributed by atoms with Crippen molar-refractivity contribution in [3.05, 3.63) is 227 Å². The number of H-pyrrole nitrogens is 2.